The number of nitrogens with zero attached hydrogens (tertiary/aromatic N) is 1. The summed E-state index contributed by atoms with van der Waals surface area (Å²) in [4.78, 5) is 38.4. The van der Waals surface area contributed by atoms with Crippen LogP contribution < -0.4 is 5.32 Å². The quantitative estimate of drug-likeness (QED) is 0.316. The van der Waals surface area contributed by atoms with Gasteiger partial charge in [0.25, 0.3) is 5.91 Å². The number of benzene rings is 2. The van der Waals surface area contributed by atoms with Gasteiger partial charge in [0, 0.05) is 47.0 Å². The molecule has 0 atom stereocenters. The largest absolute Gasteiger partial charge is 0.356 e. The molecule has 1 N–H and O–H groups in total. The summed E-state index contributed by atoms with van der Waals surface area (Å²) in [6.07, 6.45) is 7.76. The lowest BCUT2D eigenvalue weighted by Gasteiger charge is -2.10. The van der Waals surface area contributed by atoms with Crippen molar-refractivity contribution < 1.29 is 14.4 Å². The number of rotatable bonds is 10. The van der Waals surface area contributed by atoms with E-state index in [1.165, 1.54) is 0 Å². The minimum Gasteiger partial charge on any atom is -0.356 e. The van der Waals surface area contributed by atoms with Gasteiger partial charge in [0.15, 0.2) is 0 Å². The van der Waals surface area contributed by atoms with Crippen LogP contribution in [0.3, 0.4) is 0 Å². The van der Waals surface area contributed by atoms with E-state index in [0.717, 1.165) is 72.7 Å². The highest BCUT2D eigenvalue weighted by Gasteiger charge is 2.23. The first-order valence-electron chi connectivity index (χ1n) is 13.1. The fraction of sp³-hybridized carbons (Fsp3) is 0.433. The Morgan fingerprint density at radius 3 is 2.42 bits per heavy atom. The van der Waals surface area contributed by atoms with E-state index in [2.05, 4.69) is 11.4 Å². The molecule has 0 bridgehead atoms. The Kier molecular flexibility index (Phi) is 8.63. The van der Waals surface area contributed by atoms with E-state index in [4.69, 9.17) is 11.6 Å². The van der Waals surface area contributed by atoms with E-state index < -0.39 is 0 Å². The summed E-state index contributed by atoms with van der Waals surface area (Å²) >= 11 is 6.00. The smallest absolute Gasteiger partial charge is 0.262 e. The number of nitrogens with one attached hydrogen (secondary N) is 1. The normalized spacial score (nSPS) is 13.9. The number of halogens is 1. The van der Waals surface area contributed by atoms with E-state index >= 15 is 0 Å². The Bertz CT molecular complexity index is 1250. The topological polar surface area (TPSA) is 68.2 Å². The van der Waals surface area contributed by atoms with E-state index in [-0.39, 0.29) is 23.5 Å². The van der Waals surface area contributed by atoms with Gasteiger partial charge in [-0.3, -0.25) is 19.0 Å². The molecule has 1 aliphatic rings. The van der Waals surface area contributed by atoms with Gasteiger partial charge in [0.2, 0.25) is 5.91 Å². The van der Waals surface area contributed by atoms with Gasteiger partial charge in [-0.05, 0) is 81.5 Å². The van der Waals surface area contributed by atoms with Crippen molar-refractivity contribution in [2.45, 2.75) is 71.6 Å². The average molecular weight is 507 g/mol. The Hall–Kier alpha value is -2.92. The molecule has 6 heteroatoms. The van der Waals surface area contributed by atoms with E-state index in [9.17, 15) is 14.4 Å². The third kappa shape index (κ3) is 6.07. The predicted molar refractivity (Wildman–Crippen MR) is 145 cm³/mol. The molecular formula is C30H35ClN2O3. The highest BCUT2D eigenvalue weighted by molar-refractivity contribution is 6.30. The molecule has 1 heterocycles. The molecule has 2 aromatic carbocycles. The third-order valence-corrected chi connectivity index (χ3v) is 7.57. The molecule has 5 nitrogen and oxygen atoms in total. The lowest BCUT2D eigenvalue weighted by molar-refractivity contribution is -0.124. The molecular weight excluding hydrogens is 472 g/mol. The summed E-state index contributed by atoms with van der Waals surface area (Å²) in [6.45, 7) is 4.62. The fourth-order valence-electron chi connectivity index (χ4n) is 5.26. The summed E-state index contributed by atoms with van der Waals surface area (Å²) in [5.74, 6) is 0.440. The van der Waals surface area contributed by atoms with Gasteiger partial charge >= 0.3 is 0 Å². The number of unbranched alkanes of at least 4 members (excludes halogenated alkanes) is 2. The fourth-order valence-corrected chi connectivity index (χ4v) is 5.38. The first-order valence-corrected chi connectivity index (χ1v) is 13.4. The number of carbonyl (C=O) groups excluding carboxylic acids is 3. The lowest BCUT2D eigenvalue weighted by Crippen LogP contribution is -2.30. The molecule has 0 unspecified atom stereocenters. The summed E-state index contributed by atoms with van der Waals surface area (Å²) in [7, 11) is 0. The second-order valence-corrected chi connectivity index (χ2v) is 10.5. The lowest BCUT2D eigenvalue weighted by atomic mass is 10.0. The zero-order valence-corrected chi connectivity index (χ0v) is 22.0. The van der Waals surface area contributed by atoms with Gasteiger partial charge in [-0.2, -0.15) is 0 Å². The molecule has 1 saturated carbocycles. The second-order valence-electron chi connectivity index (χ2n) is 10.0. The molecule has 1 amide bonds. The van der Waals surface area contributed by atoms with Crippen molar-refractivity contribution in [1.82, 2.24) is 9.88 Å². The van der Waals surface area contributed by atoms with Gasteiger partial charge in [0.1, 0.15) is 5.78 Å². The van der Waals surface area contributed by atoms with Crippen molar-refractivity contribution >= 4 is 40.1 Å². The molecule has 190 valence electrons. The minimum atomic E-state index is -0.128. The van der Waals surface area contributed by atoms with Crippen LogP contribution in [-0.4, -0.2) is 28.7 Å². The molecule has 36 heavy (non-hydrogen) atoms. The van der Waals surface area contributed by atoms with Crippen molar-refractivity contribution in [2.75, 3.05) is 6.54 Å². The maximum Gasteiger partial charge on any atom is 0.262 e. The first kappa shape index (κ1) is 26.2. The standard InChI is InChI=1S/C30H35ClN2O3/c1-20-11-16-28-27(18-20)26(21(2)33(28)30(36)23-12-14-24(31)15-13-23)19-25(34)10-4-3-7-17-32-29(35)22-8-5-6-9-22/h11-16,18,22H,3-10,17,19H2,1-2H3,(H,32,35). The highest BCUT2D eigenvalue weighted by atomic mass is 35.5. The molecule has 1 aliphatic carbocycles. The number of hydrogen-bond acceptors (Lipinski definition) is 3. The van der Waals surface area contributed by atoms with Gasteiger partial charge in [-0.1, -0.05) is 42.5 Å². The number of ketones is 1. The summed E-state index contributed by atoms with van der Waals surface area (Å²) in [5, 5.41) is 4.59. The highest BCUT2D eigenvalue weighted by Crippen LogP contribution is 2.29. The number of amides is 1. The van der Waals surface area contributed by atoms with Crippen LogP contribution in [0.1, 0.15) is 78.5 Å². The summed E-state index contributed by atoms with van der Waals surface area (Å²) in [5.41, 5.74) is 4.19. The van der Waals surface area contributed by atoms with Gasteiger partial charge in [0.05, 0.1) is 5.52 Å². The molecule has 0 saturated heterocycles. The minimum absolute atomic E-state index is 0.128. The summed E-state index contributed by atoms with van der Waals surface area (Å²) in [6, 6.07) is 12.9. The molecule has 1 aromatic heterocycles. The van der Waals surface area contributed by atoms with Gasteiger partial charge in [-0.15, -0.1) is 0 Å². The number of aromatic nitrogens is 1. The van der Waals surface area contributed by atoms with E-state index in [0.29, 0.717) is 30.0 Å². The van der Waals surface area contributed by atoms with Crippen molar-refractivity contribution in [2.24, 2.45) is 5.92 Å². The Balaban J connectivity index is 1.37. The number of carbonyl (C=O) groups is 3. The van der Waals surface area contributed by atoms with Crippen LogP contribution in [0.5, 0.6) is 0 Å². The first-order chi connectivity index (χ1) is 17.3. The monoisotopic (exact) mass is 506 g/mol. The zero-order chi connectivity index (χ0) is 25.7. The van der Waals surface area contributed by atoms with Gasteiger partial charge in [-0.25, -0.2) is 0 Å². The summed E-state index contributed by atoms with van der Waals surface area (Å²) < 4.78 is 1.72. The predicted octanol–water partition coefficient (Wildman–Crippen LogP) is 6.58. The SMILES string of the molecule is Cc1ccc2c(c1)c(CC(=O)CCCCCNC(=O)C1CCCC1)c(C)n2C(=O)c1ccc(Cl)cc1. The van der Waals surface area contributed by atoms with Crippen molar-refractivity contribution in [3.05, 3.63) is 69.9 Å². The van der Waals surface area contributed by atoms with Crippen LogP contribution in [0, 0.1) is 19.8 Å². The Labute approximate surface area is 218 Å². The average Bonchev–Trinajstić information content (AvgIpc) is 3.49. The Morgan fingerprint density at radius 1 is 0.972 bits per heavy atom. The maximum absolute atomic E-state index is 13.4. The molecule has 3 aromatic rings. The number of Topliss-reactive ketones (excluding diaryl/α,β-unsaturated/α-hetero) is 1. The van der Waals surface area contributed by atoms with Gasteiger partial charge < -0.3 is 5.32 Å². The van der Waals surface area contributed by atoms with E-state index in [1.54, 1.807) is 28.8 Å². The number of hydrogen-bond donors (Lipinski definition) is 1. The molecule has 0 spiro atoms. The molecule has 0 radical (unpaired) electrons. The molecule has 0 aliphatic heterocycles. The maximum atomic E-state index is 13.4. The molecule has 4 rings (SSSR count). The van der Waals surface area contributed by atoms with Crippen LogP contribution in [0.25, 0.3) is 10.9 Å². The molecule has 1 fully saturated rings. The second kappa shape index (κ2) is 11.9. The van der Waals surface area contributed by atoms with Crippen molar-refractivity contribution in [3.63, 3.8) is 0 Å². The van der Waals surface area contributed by atoms with Crippen LogP contribution in [0.2, 0.25) is 5.02 Å². The van der Waals surface area contributed by atoms with Crippen LogP contribution >= 0.6 is 11.6 Å². The van der Waals surface area contributed by atoms with Crippen LogP contribution in [-0.2, 0) is 16.0 Å². The van der Waals surface area contributed by atoms with Crippen molar-refractivity contribution in [3.8, 4) is 0 Å². The van der Waals surface area contributed by atoms with E-state index in [1.807, 2.05) is 26.0 Å². The number of fused-ring (bicyclic) bond motifs is 1. The zero-order valence-electron chi connectivity index (χ0n) is 21.2. The number of aryl methyl sites for hydroxylation is 1. The van der Waals surface area contributed by atoms with Crippen molar-refractivity contribution in [1.29, 1.82) is 0 Å². The Morgan fingerprint density at radius 2 is 1.69 bits per heavy atom. The van der Waals surface area contributed by atoms with Crippen LogP contribution in [0.4, 0.5) is 0 Å². The third-order valence-electron chi connectivity index (χ3n) is 7.32. The van der Waals surface area contributed by atoms with Crippen LogP contribution in [0.15, 0.2) is 42.5 Å².